The molecule has 4 rings (SSSR count). The van der Waals surface area contributed by atoms with E-state index in [4.69, 9.17) is 0 Å². The van der Waals surface area contributed by atoms with Crippen molar-refractivity contribution in [3.63, 3.8) is 0 Å². The number of carbonyl (C=O) groups is 1. The molecule has 2 saturated heterocycles. The molecule has 5 nitrogen and oxygen atoms in total. The number of benzene rings is 1. The summed E-state index contributed by atoms with van der Waals surface area (Å²) >= 11 is 0. The summed E-state index contributed by atoms with van der Waals surface area (Å²) in [5.41, 5.74) is 3.95. The quantitative estimate of drug-likeness (QED) is 0.851. The molecule has 2 aliphatic heterocycles. The van der Waals surface area contributed by atoms with Gasteiger partial charge in [-0.25, -0.2) is 0 Å². The van der Waals surface area contributed by atoms with Crippen LogP contribution in [0.3, 0.4) is 0 Å². The number of piperidine rings is 1. The van der Waals surface area contributed by atoms with Crippen LogP contribution in [-0.2, 0) is 0 Å². The summed E-state index contributed by atoms with van der Waals surface area (Å²) < 4.78 is 0. The first kappa shape index (κ1) is 17.0. The monoisotopic (exact) mass is 350 g/mol. The lowest BCUT2D eigenvalue weighted by Crippen LogP contribution is -2.39. The van der Waals surface area contributed by atoms with Crippen LogP contribution in [0.5, 0.6) is 0 Å². The van der Waals surface area contributed by atoms with E-state index in [1.54, 1.807) is 6.20 Å². The molecule has 0 radical (unpaired) electrons. The van der Waals surface area contributed by atoms with E-state index >= 15 is 0 Å². The van der Waals surface area contributed by atoms with Gasteiger partial charge in [0.25, 0.3) is 5.91 Å². The van der Waals surface area contributed by atoms with E-state index in [2.05, 4.69) is 27.0 Å². The summed E-state index contributed by atoms with van der Waals surface area (Å²) in [6.45, 7) is 5.76. The Morgan fingerprint density at radius 3 is 2.54 bits per heavy atom. The van der Waals surface area contributed by atoms with Crippen LogP contribution < -0.4 is 4.90 Å². The number of aromatic nitrogens is 2. The van der Waals surface area contributed by atoms with E-state index in [9.17, 15) is 4.79 Å². The van der Waals surface area contributed by atoms with E-state index in [1.807, 2.05) is 30.2 Å². The Hall–Kier alpha value is -2.43. The van der Waals surface area contributed by atoms with Crippen molar-refractivity contribution in [2.75, 3.05) is 31.1 Å². The number of hydrogen-bond acceptors (Lipinski definition) is 4. The second kappa shape index (κ2) is 7.44. The van der Waals surface area contributed by atoms with Gasteiger partial charge < -0.3 is 9.80 Å². The zero-order chi connectivity index (χ0) is 17.9. The number of carbonyl (C=O) groups excluding carboxylic acids is 1. The van der Waals surface area contributed by atoms with Crippen molar-refractivity contribution in [2.24, 2.45) is 0 Å². The Morgan fingerprint density at radius 1 is 1.04 bits per heavy atom. The standard InChI is InChI=1S/C21H26N4O/c1-16-13-22-14-20(23-16)18-5-4-12-25(15-18)21(26)17-6-8-19(9-7-17)24-10-2-3-11-24/h6-9,13-14,18H,2-5,10-12,15H2,1H3/t18-/m1/s1. The van der Waals surface area contributed by atoms with E-state index < -0.39 is 0 Å². The fraction of sp³-hybridized carbons (Fsp3) is 0.476. The van der Waals surface area contributed by atoms with Gasteiger partial charge >= 0.3 is 0 Å². The zero-order valence-corrected chi connectivity index (χ0v) is 15.4. The highest BCUT2D eigenvalue weighted by atomic mass is 16.2. The Balaban J connectivity index is 1.45. The molecule has 1 aromatic heterocycles. The van der Waals surface area contributed by atoms with Crippen molar-refractivity contribution in [3.8, 4) is 0 Å². The predicted octanol–water partition coefficient (Wildman–Crippen LogP) is 3.41. The molecule has 3 heterocycles. The minimum Gasteiger partial charge on any atom is -0.372 e. The number of amides is 1. The van der Waals surface area contributed by atoms with Gasteiger partial charge in [-0.1, -0.05) is 0 Å². The lowest BCUT2D eigenvalue weighted by molar-refractivity contribution is 0.0706. The van der Waals surface area contributed by atoms with Gasteiger partial charge in [-0.05, 0) is 56.9 Å². The molecular weight excluding hydrogens is 324 g/mol. The van der Waals surface area contributed by atoms with Gasteiger partial charge in [-0.15, -0.1) is 0 Å². The summed E-state index contributed by atoms with van der Waals surface area (Å²) in [6.07, 6.45) is 8.22. The van der Waals surface area contributed by atoms with Gasteiger partial charge in [0.2, 0.25) is 0 Å². The fourth-order valence-electron chi connectivity index (χ4n) is 4.06. The van der Waals surface area contributed by atoms with Crippen molar-refractivity contribution in [1.29, 1.82) is 0 Å². The molecule has 2 aromatic rings. The largest absolute Gasteiger partial charge is 0.372 e. The Kier molecular flexibility index (Phi) is 4.87. The Morgan fingerprint density at radius 2 is 1.81 bits per heavy atom. The summed E-state index contributed by atoms with van der Waals surface area (Å²) in [7, 11) is 0. The molecule has 0 saturated carbocycles. The van der Waals surface area contributed by atoms with Crippen LogP contribution in [0.15, 0.2) is 36.7 Å². The van der Waals surface area contributed by atoms with Crippen LogP contribution in [0.1, 0.15) is 53.3 Å². The van der Waals surface area contributed by atoms with Crippen molar-refractivity contribution in [2.45, 2.75) is 38.5 Å². The number of nitrogens with zero attached hydrogens (tertiary/aromatic N) is 4. The van der Waals surface area contributed by atoms with E-state index in [0.29, 0.717) is 0 Å². The van der Waals surface area contributed by atoms with Crippen LogP contribution in [0.25, 0.3) is 0 Å². The van der Waals surface area contributed by atoms with Crippen LogP contribution in [0, 0.1) is 6.92 Å². The van der Waals surface area contributed by atoms with Crippen molar-refractivity contribution in [1.82, 2.24) is 14.9 Å². The van der Waals surface area contributed by atoms with E-state index in [0.717, 1.165) is 56.0 Å². The molecule has 5 heteroatoms. The summed E-state index contributed by atoms with van der Waals surface area (Å²) in [5.74, 6) is 0.409. The normalized spacial score (nSPS) is 20.4. The van der Waals surface area contributed by atoms with E-state index in [1.165, 1.54) is 18.5 Å². The van der Waals surface area contributed by atoms with Gasteiger partial charge in [0, 0.05) is 55.7 Å². The molecule has 2 aliphatic rings. The van der Waals surface area contributed by atoms with Gasteiger partial charge in [0.1, 0.15) is 0 Å². The number of anilines is 1. The molecule has 1 aromatic carbocycles. The third-order valence-electron chi connectivity index (χ3n) is 5.49. The molecule has 0 bridgehead atoms. The molecular formula is C21H26N4O. The maximum Gasteiger partial charge on any atom is 0.253 e. The first-order chi connectivity index (χ1) is 12.7. The van der Waals surface area contributed by atoms with Crippen LogP contribution in [0.4, 0.5) is 5.69 Å². The van der Waals surface area contributed by atoms with Gasteiger partial charge in [0.05, 0.1) is 11.4 Å². The molecule has 0 unspecified atom stereocenters. The summed E-state index contributed by atoms with van der Waals surface area (Å²) in [4.78, 5) is 26.2. The highest BCUT2D eigenvalue weighted by Crippen LogP contribution is 2.27. The first-order valence-electron chi connectivity index (χ1n) is 9.63. The molecule has 136 valence electrons. The summed E-state index contributed by atoms with van der Waals surface area (Å²) in [5, 5.41) is 0. The zero-order valence-electron chi connectivity index (χ0n) is 15.4. The first-order valence-corrected chi connectivity index (χ1v) is 9.63. The van der Waals surface area contributed by atoms with Gasteiger partial charge in [-0.2, -0.15) is 0 Å². The third kappa shape index (κ3) is 3.57. The molecule has 0 spiro atoms. The van der Waals surface area contributed by atoms with Gasteiger partial charge in [-0.3, -0.25) is 14.8 Å². The minimum atomic E-state index is 0.128. The number of aryl methyl sites for hydroxylation is 1. The average molecular weight is 350 g/mol. The topological polar surface area (TPSA) is 49.3 Å². The molecule has 0 aliphatic carbocycles. The second-order valence-electron chi connectivity index (χ2n) is 7.42. The Bertz CT molecular complexity index is 768. The molecule has 1 amide bonds. The smallest absolute Gasteiger partial charge is 0.253 e. The Labute approximate surface area is 155 Å². The minimum absolute atomic E-state index is 0.128. The van der Waals surface area contributed by atoms with Crippen LogP contribution in [0.2, 0.25) is 0 Å². The van der Waals surface area contributed by atoms with Crippen LogP contribution in [-0.4, -0.2) is 47.0 Å². The maximum absolute atomic E-state index is 13.0. The number of rotatable bonds is 3. The number of likely N-dealkylation sites (tertiary alicyclic amines) is 1. The average Bonchev–Trinajstić information content (AvgIpc) is 3.22. The highest BCUT2D eigenvalue weighted by Gasteiger charge is 2.26. The van der Waals surface area contributed by atoms with Gasteiger partial charge in [0.15, 0.2) is 0 Å². The van der Waals surface area contributed by atoms with Crippen molar-refractivity contribution in [3.05, 3.63) is 53.6 Å². The molecule has 2 fully saturated rings. The lowest BCUT2D eigenvalue weighted by Gasteiger charge is -2.32. The molecule has 0 N–H and O–H groups in total. The maximum atomic E-state index is 13.0. The molecule has 26 heavy (non-hydrogen) atoms. The SMILES string of the molecule is Cc1cncc([C@@H]2CCCN(C(=O)c3ccc(N4CCCC4)cc3)C2)n1. The van der Waals surface area contributed by atoms with E-state index in [-0.39, 0.29) is 11.8 Å². The lowest BCUT2D eigenvalue weighted by atomic mass is 9.94. The highest BCUT2D eigenvalue weighted by molar-refractivity contribution is 5.94. The summed E-state index contributed by atoms with van der Waals surface area (Å²) in [6, 6.07) is 8.14. The number of hydrogen-bond donors (Lipinski definition) is 0. The molecule has 1 atom stereocenters. The second-order valence-corrected chi connectivity index (χ2v) is 7.42. The third-order valence-corrected chi connectivity index (χ3v) is 5.49. The van der Waals surface area contributed by atoms with Crippen molar-refractivity contribution < 1.29 is 4.79 Å². The fourth-order valence-corrected chi connectivity index (χ4v) is 4.06. The van der Waals surface area contributed by atoms with Crippen molar-refractivity contribution >= 4 is 11.6 Å². The van der Waals surface area contributed by atoms with Crippen LogP contribution >= 0.6 is 0 Å². The predicted molar refractivity (Wildman–Crippen MR) is 103 cm³/mol.